The van der Waals surface area contributed by atoms with Crippen LogP contribution in [0.15, 0.2) is 140 Å². The molecule has 11 heteroatoms. The highest BCUT2D eigenvalue weighted by Gasteiger charge is 2.25. The number of nitrogens with zero attached hydrogens (tertiary/aromatic N) is 7. The van der Waals surface area contributed by atoms with Crippen molar-refractivity contribution in [3.8, 4) is 11.4 Å². The molecule has 11 heterocycles. The minimum absolute atomic E-state index is 0.876. The molecule has 52 heavy (non-hydrogen) atoms. The topological polar surface area (TPSA) is 90.2 Å². The van der Waals surface area contributed by atoms with Crippen molar-refractivity contribution in [3.63, 3.8) is 0 Å². The van der Waals surface area contributed by atoms with Gasteiger partial charge in [0.2, 0.25) is 0 Å². The van der Waals surface area contributed by atoms with Gasteiger partial charge in [0.15, 0.2) is 0 Å². The number of hydrogen-bond acceptors (Lipinski definition) is 7. The maximum absolute atomic E-state index is 5.58. The average molecular weight is 738 g/mol. The molecule has 0 spiro atoms. The summed E-state index contributed by atoms with van der Waals surface area (Å²) >= 11 is 0. The number of aromatic nitrogens is 7. The van der Waals surface area contributed by atoms with E-state index in [4.69, 9.17) is 34.9 Å². The minimum atomic E-state index is -0.994. The summed E-state index contributed by atoms with van der Waals surface area (Å²) in [6.07, 6.45) is 9.59. The summed E-state index contributed by atoms with van der Waals surface area (Å²) in [5.41, 5.74) is 1.76. The van der Waals surface area contributed by atoms with Crippen LogP contribution in [-0.2, 0) is 0 Å². The minimum Gasteiger partial charge on any atom is -0.251 e. The van der Waals surface area contributed by atoms with Crippen molar-refractivity contribution in [1.82, 2.24) is 34.9 Å². The van der Waals surface area contributed by atoms with Crippen molar-refractivity contribution in [1.29, 1.82) is 0 Å². The van der Waals surface area contributed by atoms with E-state index in [0.717, 1.165) is 58.9 Å². The normalized spacial score (nSPS) is 12.9. The Balaban J connectivity index is 1.16. The molecule has 7 nitrogen and oxygen atoms in total. The van der Waals surface area contributed by atoms with Gasteiger partial charge in [-0.3, -0.25) is 24.9 Å². The SMILES string of the molecule is c1ccc2c(c1)c1ccc(-c3ccc4c5cccnc5p(-p5c6ncccc6c6cccnc65)c4n3)nc1p2-p1c2ncccc2c2cccnc21. The van der Waals surface area contributed by atoms with E-state index in [-0.39, 0.29) is 0 Å². The Morgan fingerprint density at radius 2 is 0.596 bits per heavy atom. The fourth-order valence-corrected chi connectivity index (χ4v) is 23.6. The van der Waals surface area contributed by atoms with Crippen molar-refractivity contribution >= 4 is 114 Å². The Morgan fingerprint density at radius 3 is 1.06 bits per heavy atom. The molecule has 242 valence electrons. The Kier molecular flexibility index (Phi) is 6.15. The molecule has 12 aromatic rings. The van der Waals surface area contributed by atoms with Gasteiger partial charge in [-0.2, -0.15) is 0 Å². The number of rotatable bonds is 3. The summed E-state index contributed by atoms with van der Waals surface area (Å²) in [5.74, 6) is 0. The third kappa shape index (κ3) is 3.92. The van der Waals surface area contributed by atoms with Crippen LogP contribution < -0.4 is 0 Å². The van der Waals surface area contributed by atoms with Crippen LogP contribution in [0.4, 0.5) is 0 Å². The van der Waals surface area contributed by atoms with E-state index in [0.29, 0.717) is 0 Å². The lowest BCUT2D eigenvalue weighted by Crippen LogP contribution is -1.87. The molecule has 2 unspecified atom stereocenters. The number of fused-ring (bicyclic) bond motifs is 12. The largest absolute Gasteiger partial charge is 0.251 e. The molecule has 0 fully saturated rings. The van der Waals surface area contributed by atoms with E-state index >= 15 is 0 Å². The summed E-state index contributed by atoms with van der Waals surface area (Å²) in [6, 6.07) is 38.7. The second-order valence-corrected chi connectivity index (χ2v) is 23.5. The van der Waals surface area contributed by atoms with Crippen LogP contribution in [0.25, 0.3) is 96.3 Å². The molecular weight excluding hydrogens is 714 g/mol. The monoisotopic (exact) mass is 737 g/mol. The van der Waals surface area contributed by atoms with Crippen molar-refractivity contribution in [2.75, 3.05) is 0 Å². The highest BCUT2D eigenvalue weighted by Crippen LogP contribution is 2.72. The number of pyridine rings is 7. The number of hydrogen-bond donors (Lipinski definition) is 0. The van der Waals surface area contributed by atoms with E-state index in [9.17, 15) is 0 Å². The van der Waals surface area contributed by atoms with E-state index in [2.05, 4.69) is 78.9 Å². The lowest BCUT2D eigenvalue weighted by molar-refractivity contribution is 1.34. The molecule has 1 aromatic carbocycles. The van der Waals surface area contributed by atoms with Gasteiger partial charge in [0.05, 0.1) is 42.9 Å². The van der Waals surface area contributed by atoms with Gasteiger partial charge < -0.3 is 0 Å². The molecule has 0 radical (unpaired) electrons. The van der Waals surface area contributed by atoms with Crippen LogP contribution in [0.5, 0.6) is 0 Å². The highest BCUT2D eigenvalue weighted by molar-refractivity contribution is 8.30. The van der Waals surface area contributed by atoms with Crippen LogP contribution in [0, 0.1) is 0 Å². The summed E-state index contributed by atoms with van der Waals surface area (Å²) in [4.78, 5) is 36.2. The average Bonchev–Trinajstić information content (AvgIpc) is 3.92. The zero-order valence-corrected chi connectivity index (χ0v) is 30.8. The molecule has 2 atom stereocenters. The molecule has 0 saturated carbocycles. The molecule has 11 aromatic heterocycles. The van der Waals surface area contributed by atoms with E-state index < -0.39 is 28.9 Å². The van der Waals surface area contributed by atoms with Crippen LogP contribution in [0.2, 0.25) is 0 Å². The lowest BCUT2D eigenvalue weighted by Gasteiger charge is -2.07. The zero-order chi connectivity index (χ0) is 33.9. The number of benzene rings is 1. The second kappa shape index (κ2) is 11.0. The Labute approximate surface area is 299 Å². The Hall–Kier alpha value is -5.53. The molecule has 0 aliphatic carbocycles. The second-order valence-electron chi connectivity index (χ2n) is 12.8. The fraction of sp³-hybridized carbons (Fsp3) is 0. The maximum atomic E-state index is 5.58. The predicted octanol–water partition coefficient (Wildman–Crippen LogP) is 12.9. The van der Waals surface area contributed by atoms with Crippen LogP contribution in [-0.4, -0.2) is 34.9 Å². The standard InChI is InChI=1S/C41H23N7P4/c1-2-14-34-24(8-1)30-15-17-32(47-40(30)49(34)50-35-25(9-3-19-42-35)26-10-4-20-43-36(26)50)33-18-16-31-29-13-7-23-46-39(29)52(41(31)48-33)51-37-27(11-5-21-44-37)28-12-6-22-45-38(28)51/h1-23H. The van der Waals surface area contributed by atoms with E-state index in [1.54, 1.807) is 0 Å². The zero-order valence-electron chi connectivity index (χ0n) is 27.2. The first kappa shape index (κ1) is 29.1. The van der Waals surface area contributed by atoms with Crippen molar-refractivity contribution in [2.24, 2.45) is 0 Å². The first-order valence-electron chi connectivity index (χ1n) is 16.9. The predicted molar refractivity (Wildman–Crippen MR) is 222 cm³/mol. The lowest BCUT2D eigenvalue weighted by atomic mass is 10.1. The molecule has 12 rings (SSSR count). The summed E-state index contributed by atoms with van der Waals surface area (Å²) in [6.45, 7) is 0. The Morgan fingerprint density at radius 1 is 0.269 bits per heavy atom. The first-order chi connectivity index (χ1) is 25.8. The van der Waals surface area contributed by atoms with Crippen molar-refractivity contribution in [3.05, 3.63) is 140 Å². The van der Waals surface area contributed by atoms with Crippen molar-refractivity contribution in [2.45, 2.75) is 0 Å². The summed E-state index contributed by atoms with van der Waals surface area (Å²) in [7, 11) is -3.72. The van der Waals surface area contributed by atoms with Gasteiger partial charge in [-0.1, -0.05) is 48.5 Å². The third-order valence-corrected chi connectivity index (χ3v) is 24.0. The van der Waals surface area contributed by atoms with Gasteiger partial charge in [-0.15, -0.1) is 0 Å². The molecule has 0 amide bonds. The molecule has 0 saturated heterocycles. The molecule has 0 bridgehead atoms. The van der Waals surface area contributed by atoms with Gasteiger partial charge in [-0.05, 0) is 94.9 Å². The van der Waals surface area contributed by atoms with E-state index in [1.165, 1.54) is 37.4 Å². The molecule has 0 aliphatic rings. The molecular formula is C41H23N7P4. The summed E-state index contributed by atoms with van der Waals surface area (Å²) < 4.78 is 0. The van der Waals surface area contributed by atoms with Gasteiger partial charge in [-0.25, -0.2) is 9.97 Å². The van der Waals surface area contributed by atoms with Crippen LogP contribution in [0.3, 0.4) is 0 Å². The van der Waals surface area contributed by atoms with Gasteiger partial charge in [0.1, 0.15) is 5.25 Å². The van der Waals surface area contributed by atoms with E-state index in [1.807, 2.05) is 61.3 Å². The smallest absolute Gasteiger partial charge is 0.100 e. The fourth-order valence-electron chi connectivity index (χ4n) is 7.88. The van der Waals surface area contributed by atoms with Crippen molar-refractivity contribution < 1.29 is 0 Å². The summed E-state index contributed by atoms with van der Waals surface area (Å²) in [5, 5.41) is 18.8. The van der Waals surface area contributed by atoms with Gasteiger partial charge in [0, 0.05) is 73.8 Å². The van der Waals surface area contributed by atoms with Crippen LogP contribution in [0.1, 0.15) is 0 Å². The van der Waals surface area contributed by atoms with Gasteiger partial charge in [0.25, 0.3) is 0 Å². The molecule has 0 N–H and O–H groups in total. The van der Waals surface area contributed by atoms with Gasteiger partial charge >= 0.3 is 0 Å². The third-order valence-electron chi connectivity index (χ3n) is 10.0. The first-order valence-corrected chi connectivity index (χ1v) is 23.7. The molecule has 0 aliphatic heterocycles. The highest BCUT2D eigenvalue weighted by atomic mass is 32.0. The Bertz CT molecular complexity index is 3110. The quantitative estimate of drug-likeness (QED) is 0.178. The maximum Gasteiger partial charge on any atom is 0.100 e. The van der Waals surface area contributed by atoms with Crippen LogP contribution >= 0.6 is 28.9 Å².